The molecule has 0 aliphatic heterocycles. The number of hydrogen-bond acceptors (Lipinski definition) is 2. The third-order valence-corrected chi connectivity index (χ3v) is 3.84. The van der Waals surface area contributed by atoms with Gasteiger partial charge in [0, 0.05) is 29.8 Å². The highest BCUT2D eigenvalue weighted by atomic mass is 79.9. The maximum absolute atomic E-state index is 3.65. The summed E-state index contributed by atoms with van der Waals surface area (Å²) in [7, 11) is 2.18. The molecule has 0 bridgehead atoms. The molecular weight excluding hydrogens is 264 g/mol. The predicted octanol–water partition coefficient (Wildman–Crippen LogP) is 3.16. The molecule has 88 valence electrons. The number of benzene rings is 1. The zero-order chi connectivity index (χ0) is 11.5. The molecule has 0 amide bonds. The van der Waals surface area contributed by atoms with Crippen molar-refractivity contribution in [2.45, 2.75) is 32.4 Å². The molecule has 1 aromatic carbocycles. The number of nitrogens with one attached hydrogen (secondary N) is 1. The Morgan fingerprint density at radius 2 is 2.19 bits per heavy atom. The summed E-state index contributed by atoms with van der Waals surface area (Å²) < 4.78 is 1.21. The second kappa shape index (κ2) is 5.19. The van der Waals surface area contributed by atoms with Gasteiger partial charge in [-0.25, -0.2) is 0 Å². The fraction of sp³-hybridized carbons (Fsp3) is 0.538. The van der Waals surface area contributed by atoms with Gasteiger partial charge in [0.15, 0.2) is 0 Å². The number of hydrogen-bond donors (Lipinski definition) is 1. The normalized spacial score (nSPS) is 15.2. The average Bonchev–Trinajstić information content (AvgIpc) is 3.10. The summed E-state index contributed by atoms with van der Waals surface area (Å²) in [6.45, 7) is 4.07. The Bertz CT molecular complexity index is 361. The van der Waals surface area contributed by atoms with Gasteiger partial charge in [-0.2, -0.15) is 0 Å². The van der Waals surface area contributed by atoms with Crippen LogP contribution < -0.4 is 10.2 Å². The number of halogens is 1. The van der Waals surface area contributed by atoms with E-state index in [1.54, 1.807) is 0 Å². The molecule has 1 saturated carbocycles. The van der Waals surface area contributed by atoms with Gasteiger partial charge in [0.2, 0.25) is 0 Å². The highest BCUT2D eigenvalue weighted by Crippen LogP contribution is 2.32. The maximum atomic E-state index is 3.65. The zero-order valence-corrected chi connectivity index (χ0v) is 11.5. The molecule has 1 N–H and O–H groups in total. The van der Waals surface area contributed by atoms with Crippen LogP contribution in [0.2, 0.25) is 0 Å². The largest absolute Gasteiger partial charge is 0.372 e. The second-order valence-corrected chi connectivity index (χ2v) is 5.25. The van der Waals surface area contributed by atoms with E-state index in [2.05, 4.69) is 58.3 Å². The second-order valence-electron chi connectivity index (χ2n) is 4.40. The van der Waals surface area contributed by atoms with E-state index >= 15 is 0 Å². The lowest BCUT2D eigenvalue weighted by Crippen LogP contribution is -2.19. The molecule has 3 heteroatoms. The van der Waals surface area contributed by atoms with Crippen LogP contribution in [0.1, 0.15) is 25.3 Å². The van der Waals surface area contributed by atoms with Crippen molar-refractivity contribution in [3.8, 4) is 0 Å². The van der Waals surface area contributed by atoms with Gasteiger partial charge in [0.05, 0.1) is 0 Å². The highest BCUT2D eigenvalue weighted by Gasteiger charge is 2.26. The van der Waals surface area contributed by atoms with Gasteiger partial charge in [-0.1, -0.05) is 28.9 Å². The Hall–Kier alpha value is -0.540. The van der Waals surface area contributed by atoms with E-state index in [4.69, 9.17) is 0 Å². The van der Waals surface area contributed by atoms with Crippen LogP contribution in [0.25, 0.3) is 0 Å². The summed E-state index contributed by atoms with van der Waals surface area (Å²) in [6.07, 6.45) is 2.68. The molecule has 0 spiro atoms. The molecule has 16 heavy (non-hydrogen) atoms. The first-order valence-electron chi connectivity index (χ1n) is 5.94. The predicted molar refractivity (Wildman–Crippen MR) is 72.9 cm³/mol. The van der Waals surface area contributed by atoms with Gasteiger partial charge in [-0.05, 0) is 37.1 Å². The van der Waals surface area contributed by atoms with Crippen molar-refractivity contribution < 1.29 is 0 Å². The van der Waals surface area contributed by atoms with E-state index in [1.807, 2.05) is 0 Å². The summed E-state index contributed by atoms with van der Waals surface area (Å²) in [5.41, 5.74) is 2.64. The van der Waals surface area contributed by atoms with Gasteiger partial charge in [-0.15, -0.1) is 0 Å². The fourth-order valence-electron chi connectivity index (χ4n) is 1.83. The van der Waals surface area contributed by atoms with Gasteiger partial charge < -0.3 is 10.2 Å². The van der Waals surface area contributed by atoms with Crippen molar-refractivity contribution in [1.29, 1.82) is 0 Å². The molecule has 0 saturated heterocycles. The van der Waals surface area contributed by atoms with Crippen LogP contribution in [0.4, 0.5) is 5.69 Å². The highest BCUT2D eigenvalue weighted by molar-refractivity contribution is 9.10. The average molecular weight is 283 g/mol. The third-order valence-electron chi connectivity index (χ3n) is 3.10. The minimum Gasteiger partial charge on any atom is -0.372 e. The van der Waals surface area contributed by atoms with E-state index in [1.165, 1.54) is 28.6 Å². The van der Waals surface area contributed by atoms with Crippen molar-refractivity contribution in [3.05, 3.63) is 28.2 Å². The first-order valence-corrected chi connectivity index (χ1v) is 6.73. The lowest BCUT2D eigenvalue weighted by Gasteiger charge is -2.19. The first kappa shape index (κ1) is 11.9. The SMILES string of the molecule is CCNCc1ccc(N(C)C2CC2)cc1Br. The standard InChI is InChI=1S/C13H19BrN2/c1-3-15-9-10-4-5-12(8-13(10)14)16(2)11-6-7-11/h4-5,8,11,15H,3,6-7,9H2,1-2H3. The van der Waals surface area contributed by atoms with Gasteiger partial charge in [0.1, 0.15) is 0 Å². The Labute approximate surface area is 106 Å². The van der Waals surface area contributed by atoms with Gasteiger partial charge >= 0.3 is 0 Å². The Kier molecular flexibility index (Phi) is 3.87. The third kappa shape index (κ3) is 2.77. The monoisotopic (exact) mass is 282 g/mol. The molecule has 2 nitrogen and oxygen atoms in total. The number of nitrogens with zero attached hydrogens (tertiary/aromatic N) is 1. The summed E-state index contributed by atoms with van der Waals surface area (Å²) in [5, 5.41) is 3.35. The molecule has 1 aromatic rings. The molecule has 2 rings (SSSR count). The summed E-state index contributed by atoms with van der Waals surface area (Å²) in [6, 6.07) is 7.42. The minimum atomic E-state index is 0.770. The van der Waals surface area contributed by atoms with Crippen molar-refractivity contribution in [1.82, 2.24) is 5.32 Å². The van der Waals surface area contributed by atoms with Crippen molar-refractivity contribution in [3.63, 3.8) is 0 Å². The molecule has 1 aliphatic carbocycles. The Morgan fingerprint density at radius 3 is 2.75 bits per heavy atom. The van der Waals surface area contributed by atoms with Crippen molar-refractivity contribution >= 4 is 21.6 Å². The summed E-state index contributed by atoms with van der Waals surface area (Å²) >= 11 is 3.65. The van der Waals surface area contributed by atoms with Crippen LogP contribution in [0, 0.1) is 0 Å². The number of anilines is 1. The molecule has 0 aromatic heterocycles. The number of rotatable bonds is 5. The Morgan fingerprint density at radius 1 is 1.44 bits per heavy atom. The summed E-state index contributed by atoms with van der Waals surface area (Å²) in [4.78, 5) is 2.38. The van der Waals surface area contributed by atoms with Crippen LogP contribution >= 0.6 is 15.9 Å². The van der Waals surface area contributed by atoms with E-state index < -0.39 is 0 Å². The van der Waals surface area contributed by atoms with E-state index in [9.17, 15) is 0 Å². The summed E-state index contributed by atoms with van der Waals surface area (Å²) in [5.74, 6) is 0. The van der Waals surface area contributed by atoms with Crippen LogP contribution in [0.5, 0.6) is 0 Å². The Balaban J connectivity index is 2.08. The van der Waals surface area contributed by atoms with Crippen LogP contribution in [0.3, 0.4) is 0 Å². The molecule has 1 fully saturated rings. The van der Waals surface area contributed by atoms with E-state index in [0.717, 1.165) is 19.1 Å². The zero-order valence-electron chi connectivity index (χ0n) is 9.96. The molecule has 0 radical (unpaired) electrons. The molecular formula is C13H19BrN2. The van der Waals surface area contributed by atoms with E-state index in [-0.39, 0.29) is 0 Å². The lowest BCUT2D eigenvalue weighted by molar-refractivity contribution is 0.724. The van der Waals surface area contributed by atoms with Crippen LogP contribution in [0.15, 0.2) is 22.7 Å². The fourth-order valence-corrected chi connectivity index (χ4v) is 2.34. The quantitative estimate of drug-likeness (QED) is 0.893. The molecule has 0 heterocycles. The van der Waals surface area contributed by atoms with Crippen LogP contribution in [-0.2, 0) is 6.54 Å². The molecule has 0 unspecified atom stereocenters. The maximum Gasteiger partial charge on any atom is 0.0377 e. The van der Waals surface area contributed by atoms with Gasteiger partial charge in [-0.3, -0.25) is 0 Å². The smallest absolute Gasteiger partial charge is 0.0377 e. The topological polar surface area (TPSA) is 15.3 Å². The molecule has 0 atom stereocenters. The van der Waals surface area contributed by atoms with Crippen LogP contribution in [-0.4, -0.2) is 19.6 Å². The minimum absolute atomic E-state index is 0.770. The van der Waals surface area contributed by atoms with Gasteiger partial charge in [0.25, 0.3) is 0 Å². The first-order chi connectivity index (χ1) is 7.72. The van der Waals surface area contributed by atoms with E-state index in [0.29, 0.717) is 0 Å². The van der Waals surface area contributed by atoms with Crippen molar-refractivity contribution in [2.24, 2.45) is 0 Å². The molecule has 1 aliphatic rings. The van der Waals surface area contributed by atoms with Crippen molar-refractivity contribution in [2.75, 3.05) is 18.5 Å². The lowest BCUT2D eigenvalue weighted by atomic mass is 10.2.